The summed E-state index contributed by atoms with van der Waals surface area (Å²) in [5.41, 5.74) is 3.73. The van der Waals surface area contributed by atoms with Gasteiger partial charge in [0.1, 0.15) is 0 Å². The Morgan fingerprint density at radius 2 is 2.26 bits per heavy atom. The van der Waals surface area contributed by atoms with Crippen LogP contribution in [0.4, 0.5) is 4.79 Å². The van der Waals surface area contributed by atoms with E-state index >= 15 is 0 Å². The average molecular weight is 278 g/mol. The van der Waals surface area contributed by atoms with Crippen LogP contribution in [-0.4, -0.2) is 35.6 Å². The number of aliphatic imine (C=N–C) groups is 1. The highest BCUT2D eigenvalue weighted by Crippen LogP contribution is 2.20. The Labute approximate surface area is 117 Å². The molecule has 0 aromatic heterocycles. The molecule has 0 aliphatic carbocycles. The largest absolute Gasteiger partial charge is 0.452 e. The fourth-order valence-electron chi connectivity index (χ4n) is 1.95. The van der Waals surface area contributed by atoms with Crippen LogP contribution in [0.25, 0.3) is 0 Å². The molecular weight excluding hydrogens is 260 g/mol. The highest BCUT2D eigenvalue weighted by molar-refractivity contribution is 8.14. The lowest BCUT2D eigenvalue weighted by molar-refractivity contribution is 0.149. The molecule has 102 valence electrons. The standard InChI is InChI=1S/C14H18N2O2S/c1-10-5-4-6-12(11(10)2)9-15-13-16(7-8-19-13)14(17)18-3/h4-6H,7-9H2,1-3H3. The summed E-state index contributed by atoms with van der Waals surface area (Å²) in [5, 5.41) is 0.757. The van der Waals surface area contributed by atoms with Gasteiger partial charge >= 0.3 is 6.09 Å². The lowest BCUT2D eigenvalue weighted by Gasteiger charge is -2.14. The summed E-state index contributed by atoms with van der Waals surface area (Å²) in [5.74, 6) is 0.876. The normalized spacial score (nSPS) is 17.0. The molecule has 1 fully saturated rings. The summed E-state index contributed by atoms with van der Waals surface area (Å²) >= 11 is 1.60. The van der Waals surface area contributed by atoms with Crippen molar-refractivity contribution in [3.8, 4) is 0 Å². The van der Waals surface area contributed by atoms with E-state index in [9.17, 15) is 4.79 Å². The van der Waals surface area contributed by atoms with E-state index in [1.165, 1.54) is 23.8 Å². The third-order valence-electron chi connectivity index (χ3n) is 3.27. The van der Waals surface area contributed by atoms with E-state index in [0.29, 0.717) is 13.1 Å². The summed E-state index contributed by atoms with van der Waals surface area (Å²) < 4.78 is 4.75. The number of carbonyl (C=O) groups excluding carboxylic acids is 1. The van der Waals surface area contributed by atoms with Gasteiger partial charge in [0.25, 0.3) is 0 Å². The van der Waals surface area contributed by atoms with Crippen LogP contribution in [0.3, 0.4) is 0 Å². The first-order valence-corrected chi connectivity index (χ1v) is 7.20. The van der Waals surface area contributed by atoms with Gasteiger partial charge in [-0.3, -0.25) is 9.89 Å². The fourth-order valence-corrected chi connectivity index (χ4v) is 2.88. The van der Waals surface area contributed by atoms with Gasteiger partial charge in [-0.05, 0) is 30.5 Å². The minimum Gasteiger partial charge on any atom is -0.452 e. The minimum absolute atomic E-state index is 0.329. The molecule has 0 saturated carbocycles. The molecule has 1 aliphatic rings. The molecule has 1 aromatic rings. The van der Waals surface area contributed by atoms with Crippen LogP contribution in [0.1, 0.15) is 16.7 Å². The van der Waals surface area contributed by atoms with Crippen molar-refractivity contribution in [3.05, 3.63) is 34.9 Å². The Kier molecular flexibility index (Phi) is 4.47. The van der Waals surface area contributed by atoms with Gasteiger partial charge in [-0.2, -0.15) is 0 Å². The molecule has 19 heavy (non-hydrogen) atoms. The van der Waals surface area contributed by atoms with Gasteiger partial charge in [-0.1, -0.05) is 30.0 Å². The Balaban J connectivity index is 2.13. The number of methoxy groups -OCH3 is 1. The van der Waals surface area contributed by atoms with Crippen LogP contribution in [0.15, 0.2) is 23.2 Å². The maximum Gasteiger partial charge on any atom is 0.415 e. The highest BCUT2D eigenvalue weighted by atomic mass is 32.2. The van der Waals surface area contributed by atoms with E-state index in [4.69, 9.17) is 4.74 Å². The van der Waals surface area contributed by atoms with Gasteiger partial charge in [-0.25, -0.2) is 4.79 Å². The quantitative estimate of drug-likeness (QED) is 0.835. The van der Waals surface area contributed by atoms with Crippen LogP contribution in [0, 0.1) is 13.8 Å². The van der Waals surface area contributed by atoms with Gasteiger partial charge in [0.05, 0.1) is 13.7 Å². The van der Waals surface area contributed by atoms with E-state index in [0.717, 1.165) is 10.9 Å². The number of thioether (sulfide) groups is 1. The number of amides is 1. The number of ether oxygens (including phenoxy) is 1. The molecule has 1 aliphatic heterocycles. The van der Waals surface area contributed by atoms with Crippen molar-refractivity contribution >= 4 is 23.0 Å². The zero-order chi connectivity index (χ0) is 13.8. The van der Waals surface area contributed by atoms with Crippen molar-refractivity contribution in [2.75, 3.05) is 19.4 Å². The van der Waals surface area contributed by atoms with Crippen molar-refractivity contribution < 1.29 is 9.53 Å². The van der Waals surface area contributed by atoms with Gasteiger partial charge < -0.3 is 4.74 Å². The van der Waals surface area contributed by atoms with Crippen LogP contribution >= 0.6 is 11.8 Å². The van der Waals surface area contributed by atoms with Crippen molar-refractivity contribution in [2.45, 2.75) is 20.4 Å². The number of aryl methyl sites for hydroxylation is 1. The lowest BCUT2D eigenvalue weighted by Crippen LogP contribution is -2.31. The van der Waals surface area contributed by atoms with E-state index in [1.54, 1.807) is 16.7 Å². The second-order valence-corrected chi connectivity index (χ2v) is 5.49. The Morgan fingerprint density at radius 3 is 3.00 bits per heavy atom. The second-order valence-electron chi connectivity index (χ2n) is 4.43. The summed E-state index contributed by atoms with van der Waals surface area (Å²) in [6, 6.07) is 6.21. The van der Waals surface area contributed by atoms with Crippen LogP contribution in [0.2, 0.25) is 0 Å². The third-order valence-corrected chi connectivity index (χ3v) is 4.27. The summed E-state index contributed by atoms with van der Waals surface area (Å²) in [6.45, 7) is 5.47. The Morgan fingerprint density at radius 1 is 1.47 bits per heavy atom. The topological polar surface area (TPSA) is 41.9 Å². The molecule has 2 rings (SSSR count). The zero-order valence-corrected chi connectivity index (χ0v) is 12.3. The number of carbonyl (C=O) groups is 1. The molecule has 1 amide bonds. The monoisotopic (exact) mass is 278 g/mol. The van der Waals surface area contributed by atoms with Gasteiger partial charge in [0, 0.05) is 12.3 Å². The third kappa shape index (κ3) is 3.10. The van der Waals surface area contributed by atoms with Crippen LogP contribution in [-0.2, 0) is 11.3 Å². The van der Waals surface area contributed by atoms with Gasteiger partial charge in [0.15, 0.2) is 5.17 Å². The van der Waals surface area contributed by atoms with Crippen LogP contribution in [0.5, 0.6) is 0 Å². The lowest BCUT2D eigenvalue weighted by atomic mass is 10.0. The number of hydrogen-bond acceptors (Lipinski definition) is 4. The first-order valence-electron chi connectivity index (χ1n) is 6.21. The second kappa shape index (κ2) is 6.10. The molecule has 0 N–H and O–H groups in total. The van der Waals surface area contributed by atoms with Gasteiger partial charge in [-0.15, -0.1) is 0 Å². The number of benzene rings is 1. The maximum absolute atomic E-state index is 11.6. The predicted octanol–water partition coefficient (Wildman–Crippen LogP) is 2.97. The molecule has 0 unspecified atom stereocenters. The first-order chi connectivity index (χ1) is 9.13. The number of hydrogen-bond donors (Lipinski definition) is 0. The Hall–Kier alpha value is -1.49. The summed E-state index contributed by atoms with van der Waals surface area (Å²) in [7, 11) is 1.40. The van der Waals surface area contributed by atoms with Crippen molar-refractivity contribution in [1.82, 2.24) is 4.90 Å². The maximum atomic E-state index is 11.6. The van der Waals surface area contributed by atoms with E-state index < -0.39 is 0 Å². The Bertz CT molecular complexity index is 514. The molecule has 5 heteroatoms. The zero-order valence-electron chi connectivity index (χ0n) is 11.5. The average Bonchev–Trinajstić information content (AvgIpc) is 2.88. The van der Waals surface area contributed by atoms with Crippen molar-refractivity contribution in [3.63, 3.8) is 0 Å². The number of amidine groups is 1. The van der Waals surface area contributed by atoms with Gasteiger partial charge in [0.2, 0.25) is 0 Å². The van der Waals surface area contributed by atoms with E-state index in [1.807, 2.05) is 6.07 Å². The van der Waals surface area contributed by atoms with E-state index in [-0.39, 0.29) is 6.09 Å². The number of rotatable bonds is 2. The van der Waals surface area contributed by atoms with E-state index in [2.05, 4.69) is 31.0 Å². The minimum atomic E-state index is -0.329. The van der Waals surface area contributed by atoms with Crippen molar-refractivity contribution in [2.24, 2.45) is 4.99 Å². The molecule has 0 radical (unpaired) electrons. The van der Waals surface area contributed by atoms with Crippen molar-refractivity contribution in [1.29, 1.82) is 0 Å². The highest BCUT2D eigenvalue weighted by Gasteiger charge is 2.26. The summed E-state index contributed by atoms with van der Waals surface area (Å²) in [4.78, 5) is 17.7. The molecular formula is C14H18N2O2S. The summed E-state index contributed by atoms with van der Waals surface area (Å²) in [6.07, 6.45) is -0.329. The molecule has 0 atom stereocenters. The molecule has 0 bridgehead atoms. The SMILES string of the molecule is COC(=O)N1CCSC1=NCc1cccc(C)c1C. The molecule has 1 heterocycles. The molecule has 0 spiro atoms. The number of nitrogens with zero attached hydrogens (tertiary/aromatic N) is 2. The molecule has 1 saturated heterocycles. The smallest absolute Gasteiger partial charge is 0.415 e. The predicted molar refractivity (Wildman–Crippen MR) is 78.6 cm³/mol. The molecule has 4 nitrogen and oxygen atoms in total. The molecule has 1 aromatic carbocycles. The first kappa shape index (κ1) is 13.9. The fraction of sp³-hybridized carbons (Fsp3) is 0.429. The van der Waals surface area contributed by atoms with Crippen LogP contribution < -0.4 is 0 Å².